The van der Waals surface area contributed by atoms with Gasteiger partial charge in [0.1, 0.15) is 18.1 Å². The minimum atomic E-state index is 0.333. The normalized spacial score (nSPS) is 28.8. The molecule has 2 aliphatic rings. The van der Waals surface area contributed by atoms with Gasteiger partial charge < -0.3 is 14.8 Å². The van der Waals surface area contributed by atoms with Crippen LogP contribution < -0.4 is 14.8 Å². The van der Waals surface area contributed by atoms with Crippen LogP contribution >= 0.6 is 0 Å². The quantitative estimate of drug-likeness (QED) is 0.909. The van der Waals surface area contributed by atoms with Crippen molar-refractivity contribution in [1.82, 2.24) is 5.32 Å². The lowest BCUT2D eigenvalue weighted by atomic mass is 9.89. The van der Waals surface area contributed by atoms with Gasteiger partial charge in [-0.15, -0.1) is 0 Å². The number of fused-ring (bicyclic) bond motifs is 1. The summed E-state index contributed by atoms with van der Waals surface area (Å²) < 4.78 is 11.9. The van der Waals surface area contributed by atoms with Gasteiger partial charge in [-0.1, -0.05) is 13.8 Å². The fourth-order valence-electron chi connectivity index (χ4n) is 3.22. The van der Waals surface area contributed by atoms with Crippen LogP contribution in [0.5, 0.6) is 11.5 Å². The predicted octanol–water partition coefficient (Wildman–Crippen LogP) is 3.69. The van der Waals surface area contributed by atoms with Gasteiger partial charge in [0.15, 0.2) is 0 Å². The molecule has 1 saturated carbocycles. The van der Waals surface area contributed by atoms with E-state index in [1.807, 2.05) is 0 Å². The lowest BCUT2D eigenvalue weighted by Gasteiger charge is -2.27. The van der Waals surface area contributed by atoms with Crippen LogP contribution in [0.1, 0.15) is 51.1 Å². The van der Waals surface area contributed by atoms with Gasteiger partial charge in [-0.05, 0) is 50.3 Å². The molecule has 3 rings (SSSR count). The number of nitrogens with one attached hydrogen (secondary N) is 1. The maximum absolute atomic E-state index is 6.12. The zero-order valence-corrected chi connectivity index (χ0v) is 12.5. The lowest BCUT2D eigenvalue weighted by Crippen LogP contribution is -2.23. The summed E-state index contributed by atoms with van der Waals surface area (Å²) in [5, 5.41) is 3.44. The second-order valence-corrected chi connectivity index (χ2v) is 6.12. The first-order valence-corrected chi connectivity index (χ1v) is 7.93. The molecular weight excluding hydrogens is 250 g/mol. The molecular formula is C17H25NO2. The van der Waals surface area contributed by atoms with Gasteiger partial charge in [0.25, 0.3) is 0 Å². The Kier molecular flexibility index (Phi) is 4.16. The highest BCUT2D eigenvalue weighted by atomic mass is 16.5. The molecule has 110 valence electrons. The molecule has 1 heterocycles. The van der Waals surface area contributed by atoms with Crippen molar-refractivity contribution in [3.63, 3.8) is 0 Å². The van der Waals surface area contributed by atoms with Crippen molar-refractivity contribution in [2.75, 3.05) is 13.2 Å². The average molecular weight is 275 g/mol. The van der Waals surface area contributed by atoms with Crippen LogP contribution in [0, 0.1) is 5.92 Å². The Balaban J connectivity index is 1.64. The zero-order valence-electron chi connectivity index (χ0n) is 12.5. The molecule has 1 N–H and O–H groups in total. The van der Waals surface area contributed by atoms with Gasteiger partial charge in [-0.2, -0.15) is 0 Å². The number of likely N-dealkylation sites (N-methyl/N-ethyl adjacent to an activating group) is 1. The van der Waals surface area contributed by atoms with Crippen LogP contribution in [0.15, 0.2) is 18.2 Å². The number of hydrogen-bond donors (Lipinski definition) is 1. The number of ether oxygens (including phenoxy) is 2. The Morgan fingerprint density at radius 2 is 2.05 bits per heavy atom. The van der Waals surface area contributed by atoms with Crippen LogP contribution in [0.2, 0.25) is 0 Å². The van der Waals surface area contributed by atoms with Crippen molar-refractivity contribution in [1.29, 1.82) is 0 Å². The molecule has 0 bridgehead atoms. The predicted molar refractivity (Wildman–Crippen MR) is 80.4 cm³/mol. The van der Waals surface area contributed by atoms with Crippen LogP contribution in [0.3, 0.4) is 0 Å². The van der Waals surface area contributed by atoms with E-state index in [4.69, 9.17) is 9.47 Å². The summed E-state index contributed by atoms with van der Waals surface area (Å²) in [4.78, 5) is 0. The second kappa shape index (κ2) is 6.04. The smallest absolute Gasteiger partial charge is 0.128 e. The first-order valence-electron chi connectivity index (χ1n) is 7.93. The van der Waals surface area contributed by atoms with E-state index in [0.29, 0.717) is 12.1 Å². The van der Waals surface area contributed by atoms with Gasteiger partial charge in [0, 0.05) is 11.6 Å². The molecule has 1 aromatic rings. The molecule has 3 nitrogen and oxygen atoms in total. The van der Waals surface area contributed by atoms with Crippen LogP contribution in [-0.2, 0) is 0 Å². The Morgan fingerprint density at radius 1 is 1.25 bits per heavy atom. The maximum atomic E-state index is 6.12. The summed E-state index contributed by atoms with van der Waals surface area (Å²) in [5.41, 5.74) is 1.26. The van der Waals surface area contributed by atoms with Gasteiger partial charge >= 0.3 is 0 Å². The van der Waals surface area contributed by atoms with Crippen LogP contribution in [0.25, 0.3) is 0 Å². The summed E-state index contributed by atoms with van der Waals surface area (Å²) >= 11 is 0. The van der Waals surface area contributed by atoms with Gasteiger partial charge in [-0.3, -0.25) is 0 Å². The van der Waals surface area contributed by atoms with Crippen molar-refractivity contribution in [2.24, 2.45) is 5.92 Å². The molecule has 1 unspecified atom stereocenters. The van der Waals surface area contributed by atoms with Crippen molar-refractivity contribution >= 4 is 0 Å². The molecule has 1 aromatic carbocycles. The fraction of sp³-hybridized carbons (Fsp3) is 0.647. The molecule has 0 amide bonds. The third kappa shape index (κ3) is 2.93. The van der Waals surface area contributed by atoms with Crippen LogP contribution in [-0.4, -0.2) is 19.3 Å². The highest BCUT2D eigenvalue weighted by Gasteiger charge is 2.25. The molecule has 0 saturated heterocycles. The van der Waals surface area contributed by atoms with E-state index in [0.717, 1.165) is 30.6 Å². The molecule has 1 fully saturated rings. The molecule has 1 aliphatic heterocycles. The molecule has 0 spiro atoms. The minimum Gasteiger partial charge on any atom is -0.491 e. The molecule has 3 heteroatoms. The standard InChI is InChI=1S/C17H25NO2/c1-3-18-16-11-19-17-10-14(8-9-15(16)17)20-13-6-4-12(2)5-7-13/h8-10,12-13,16,18H,3-7,11H2,1-2H3. The first kappa shape index (κ1) is 13.7. The van der Waals surface area contributed by atoms with E-state index >= 15 is 0 Å². The highest BCUT2D eigenvalue weighted by molar-refractivity contribution is 5.45. The highest BCUT2D eigenvalue weighted by Crippen LogP contribution is 2.36. The topological polar surface area (TPSA) is 30.5 Å². The Hall–Kier alpha value is -1.22. The Labute approximate surface area is 121 Å². The fourth-order valence-corrected chi connectivity index (χ4v) is 3.22. The van der Waals surface area contributed by atoms with E-state index in [2.05, 4.69) is 37.4 Å². The van der Waals surface area contributed by atoms with Gasteiger partial charge in [-0.25, -0.2) is 0 Å². The lowest BCUT2D eigenvalue weighted by molar-refractivity contribution is 0.135. The van der Waals surface area contributed by atoms with Crippen molar-refractivity contribution < 1.29 is 9.47 Å². The molecule has 20 heavy (non-hydrogen) atoms. The van der Waals surface area contributed by atoms with E-state index < -0.39 is 0 Å². The van der Waals surface area contributed by atoms with E-state index in [9.17, 15) is 0 Å². The largest absolute Gasteiger partial charge is 0.491 e. The summed E-state index contributed by atoms with van der Waals surface area (Å²) in [5.74, 6) is 2.80. The first-order chi connectivity index (χ1) is 9.76. The molecule has 0 aromatic heterocycles. The third-order valence-electron chi connectivity index (χ3n) is 4.48. The Morgan fingerprint density at radius 3 is 2.80 bits per heavy atom. The van der Waals surface area contributed by atoms with Crippen molar-refractivity contribution in [3.05, 3.63) is 23.8 Å². The SMILES string of the molecule is CCNC1COc2cc(OC3CCC(C)CC3)ccc21. The average Bonchev–Trinajstić information content (AvgIpc) is 2.85. The summed E-state index contributed by atoms with van der Waals surface area (Å²) in [6.45, 7) is 6.15. The van der Waals surface area contributed by atoms with E-state index in [1.165, 1.54) is 31.2 Å². The van der Waals surface area contributed by atoms with Gasteiger partial charge in [0.05, 0.1) is 12.1 Å². The Bertz CT molecular complexity index is 452. The second-order valence-electron chi connectivity index (χ2n) is 6.12. The summed E-state index contributed by atoms with van der Waals surface area (Å²) in [6, 6.07) is 6.64. The van der Waals surface area contributed by atoms with Crippen molar-refractivity contribution in [2.45, 2.75) is 51.7 Å². The number of hydrogen-bond acceptors (Lipinski definition) is 3. The minimum absolute atomic E-state index is 0.333. The zero-order chi connectivity index (χ0) is 13.9. The van der Waals surface area contributed by atoms with Crippen LogP contribution in [0.4, 0.5) is 0 Å². The summed E-state index contributed by atoms with van der Waals surface area (Å²) in [7, 11) is 0. The van der Waals surface area contributed by atoms with Crippen molar-refractivity contribution in [3.8, 4) is 11.5 Å². The van der Waals surface area contributed by atoms with E-state index in [1.54, 1.807) is 0 Å². The monoisotopic (exact) mass is 275 g/mol. The maximum Gasteiger partial charge on any atom is 0.128 e. The number of benzene rings is 1. The van der Waals surface area contributed by atoms with Gasteiger partial charge in [0.2, 0.25) is 0 Å². The number of rotatable bonds is 4. The third-order valence-corrected chi connectivity index (χ3v) is 4.48. The molecule has 1 atom stereocenters. The molecule has 1 aliphatic carbocycles. The summed E-state index contributed by atoms with van der Waals surface area (Å²) in [6.07, 6.45) is 5.32. The van der Waals surface area contributed by atoms with E-state index in [-0.39, 0.29) is 0 Å². The molecule has 0 radical (unpaired) electrons.